The third-order valence-electron chi connectivity index (χ3n) is 2.90. The van der Waals surface area contributed by atoms with Gasteiger partial charge in [-0.15, -0.1) is 0 Å². The Balaban J connectivity index is 2.41. The topological polar surface area (TPSA) is 20.7 Å². The van der Waals surface area contributed by atoms with Crippen LogP contribution in [0.4, 0.5) is 13.2 Å². The fourth-order valence-electron chi connectivity index (χ4n) is 2.00. The minimum absolute atomic E-state index is 0.159. The molecule has 1 aromatic heterocycles. The number of benzene rings is 2. The van der Waals surface area contributed by atoms with Gasteiger partial charge in [0.25, 0.3) is 0 Å². The molecule has 20 heavy (non-hydrogen) atoms. The molecule has 102 valence electrons. The van der Waals surface area contributed by atoms with Gasteiger partial charge < -0.3 is 4.98 Å². The highest BCUT2D eigenvalue weighted by atomic mass is 35.5. The molecular formula is C13H6ClF3N2S. The Labute approximate surface area is 121 Å². The van der Waals surface area contributed by atoms with Gasteiger partial charge in [-0.2, -0.15) is 0 Å². The second kappa shape index (κ2) is 4.64. The van der Waals surface area contributed by atoms with Crippen molar-refractivity contribution in [2.24, 2.45) is 0 Å². The predicted molar refractivity (Wildman–Crippen MR) is 73.3 cm³/mol. The van der Waals surface area contributed by atoms with E-state index in [4.69, 9.17) is 23.8 Å². The summed E-state index contributed by atoms with van der Waals surface area (Å²) in [4.78, 5) is 2.85. The molecule has 0 bridgehead atoms. The first-order valence-electron chi connectivity index (χ1n) is 5.53. The Kier molecular flexibility index (Phi) is 3.07. The van der Waals surface area contributed by atoms with Gasteiger partial charge in [0.1, 0.15) is 0 Å². The van der Waals surface area contributed by atoms with Crippen molar-refractivity contribution in [3.05, 3.63) is 57.6 Å². The van der Waals surface area contributed by atoms with Crippen LogP contribution in [0.5, 0.6) is 0 Å². The van der Waals surface area contributed by atoms with Crippen molar-refractivity contribution in [3.63, 3.8) is 0 Å². The number of aromatic nitrogens is 2. The number of nitrogens with one attached hydrogen (secondary N) is 1. The molecule has 0 fully saturated rings. The zero-order chi connectivity index (χ0) is 14.4. The smallest absolute Gasteiger partial charge is 0.196 e. The van der Waals surface area contributed by atoms with E-state index in [2.05, 4.69) is 4.98 Å². The lowest BCUT2D eigenvalue weighted by atomic mass is 10.2. The molecule has 0 aliphatic heterocycles. The second-order valence-electron chi connectivity index (χ2n) is 4.12. The van der Waals surface area contributed by atoms with Gasteiger partial charge >= 0.3 is 0 Å². The average molecular weight is 315 g/mol. The van der Waals surface area contributed by atoms with E-state index >= 15 is 0 Å². The SMILES string of the molecule is Fc1ccc(-n2c(=S)[nH]c3ccc(Cl)cc32)c(F)c1F. The Morgan fingerprint density at radius 3 is 2.55 bits per heavy atom. The van der Waals surface area contributed by atoms with E-state index in [0.29, 0.717) is 16.1 Å². The van der Waals surface area contributed by atoms with Crippen molar-refractivity contribution in [3.8, 4) is 5.69 Å². The maximum atomic E-state index is 13.9. The summed E-state index contributed by atoms with van der Waals surface area (Å²) in [6.45, 7) is 0. The zero-order valence-electron chi connectivity index (χ0n) is 9.75. The van der Waals surface area contributed by atoms with Crippen molar-refractivity contribution in [2.45, 2.75) is 0 Å². The minimum atomic E-state index is -1.54. The highest BCUT2D eigenvalue weighted by Crippen LogP contribution is 2.26. The molecule has 2 aromatic carbocycles. The number of rotatable bonds is 1. The summed E-state index contributed by atoms with van der Waals surface area (Å²) >= 11 is 11.0. The second-order valence-corrected chi connectivity index (χ2v) is 4.94. The van der Waals surface area contributed by atoms with Crippen molar-refractivity contribution in [2.75, 3.05) is 0 Å². The van der Waals surface area contributed by atoms with Crippen LogP contribution in [0.2, 0.25) is 5.02 Å². The number of H-pyrrole nitrogens is 1. The molecule has 7 heteroatoms. The fraction of sp³-hybridized carbons (Fsp3) is 0. The summed E-state index contributed by atoms with van der Waals surface area (Å²) in [5.41, 5.74) is 0.915. The highest BCUT2D eigenvalue weighted by molar-refractivity contribution is 7.71. The van der Waals surface area contributed by atoms with Gasteiger partial charge in [-0.25, -0.2) is 13.2 Å². The Morgan fingerprint density at radius 2 is 1.80 bits per heavy atom. The third kappa shape index (κ3) is 1.92. The van der Waals surface area contributed by atoms with Crippen LogP contribution in [0.3, 0.4) is 0 Å². The summed E-state index contributed by atoms with van der Waals surface area (Å²) in [6, 6.07) is 6.84. The molecule has 0 saturated carbocycles. The number of hydrogen-bond acceptors (Lipinski definition) is 1. The average Bonchev–Trinajstić information content (AvgIpc) is 2.72. The lowest BCUT2D eigenvalue weighted by Crippen LogP contribution is -2.02. The zero-order valence-corrected chi connectivity index (χ0v) is 11.3. The van der Waals surface area contributed by atoms with E-state index in [1.165, 1.54) is 4.57 Å². The molecule has 1 heterocycles. The van der Waals surface area contributed by atoms with Crippen LogP contribution in [0.25, 0.3) is 16.7 Å². The largest absolute Gasteiger partial charge is 0.330 e. The molecule has 0 saturated heterocycles. The molecule has 2 nitrogen and oxygen atoms in total. The van der Waals surface area contributed by atoms with Crippen LogP contribution in [-0.4, -0.2) is 9.55 Å². The Hall–Kier alpha value is -1.79. The van der Waals surface area contributed by atoms with E-state index in [0.717, 1.165) is 12.1 Å². The summed E-state index contributed by atoms with van der Waals surface area (Å²) in [7, 11) is 0. The Bertz CT molecular complexity index is 885. The molecule has 3 aromatic rings. The van der Waals surface area contributed by atoms with Crippen molar-refractivity contribution < 1.29 is 13.2 Å². The maximum Gasteiger partial charge on any atom is 0.196 e. The summed E-state index contributed by atoms with van der Waals surface area (Å²) in [6.07, 6.45) is 0. The standard InChI is InChI=1S/C13H6ClF3N2S/c14-6-1-3-8-10(5-6)19(13(20)18-8)9-4-2-7(15)11(16)12(9)17/h1-5H,(H,18,20). The van der Waals surface area contributed by atoms with Gasteiger partial charge in [0.05, 0.1) is 16.7 Å². The maximum absolute atomic E-state index is 13.9. The van der Waals surface area contributed by atoms with Crippen LogP contribution in [0.15, 0.2) is 30.3 Å². The van der Waals surface area contributed by atoms with Gasteiger partial charge in [-0.3, -0.25) is 4.57 Å². The third-order valence-corrected chi connectivity index (χ3v) is 3.42. The first-order chi connectivity index (χ1) is 9.49. The van der Waals surface area contributed by atoms with Gasteiger partial charge in [-0.05, 0) is 42.5 Å². The number of nitrogens with zero attached hydrogens (tertiary/aromatic N) is 1. The number of fused-ring (bicyclic) bond motifs is 1. The molecule has 0 aliphatic carbocycles. The number of halogens is 4. The van der Waals surface area contributed by atoms with E-state index in [9.17, 15) is 13.2 Å². The van der Waals surface area contributed by atoms with Crippen LogP contribution in [-0.2, 0) is 0 Å². The van der Waals surface area contributed by atoms with Crippen LogP contribution in [0, 0.1) is 22.2 Å². The molecule has 0 aliphatic rings. The number of aromatic amines is 1. The van der Waals surface area contributed by atoms with E-state index in [1.807, 2.05) is 0 Å². The molecule has 0 unspecified atom stereocenters. The molecule has 0 radical (unpaired) electrons. The number of imidazole rings is 1. The lowest BCUT2D eigenvalue weighted by Gasteiger charge is -2.07. The van der Waals surface area contributed by atoms with E-state index < -0.39 is 17.5 Å². The summed E-state index contributed by atoms with van der Waals surface area (Å²) in [5.74, 6) is -4.10. The van der Waals surface area contributed by atoms with Gasteiger partial charge in [0.15, 0.2) is 22.2 Å². The lowest BCUT2D eigenvalue weighted by molar-refractivity contribution is 0.445. The van der Waals surface area contributed by atoms with E-state index in [1.54, 1.807) is 18.2 Å². The quantitative estimate of drug-likeness (QED) is 0.507. The van der Waals surface area contributed by atoms with Crippen LogP contribution in [0.1, 0.15) is 0 Å². The monoisotopic (exact) mass is 314 g/mol. The molecule has 0 amide bonds. The minimum Gasteiger partial charge on any atom is -0.330 e. The normalized spacial score (nSPS) is 11.2. The van der Waals surface area contributed by atoms with Gasteiger partial charge in [0, 0.05) is 5.02 Å². The van der Waals surface area contributed by atoms with Crippen LogP contribution < -0.4 is 0 Å². The first-order valence-corrected chi connectivity index (χ1v) is 6.32. The van der Waals surface area contributed by atoms with Crippen molar-refractivity contribution in [1.82, 2.24) is 9.55 Å². The van der Waals surface area contributed by atoms with E-state index in [-0.39, 0.29) is 10.5 Å². The molecule has 0 atom stereocenters. The predicted octanol–water partition coefficient (Wildman–Crippen LogP) is 4.76. The van der Waals surface area contributed by atoms with Gasteiger partial charge in [0.2, 0.25) is 0 Å². The van der Waals surface area contributed by atoms with Crippen molar-refractivity contribution >= 4 is 34.9 Å². The fourth-order valence-corrected chi connectivity index (χ4v) is 2.48. The Morgan fingerprint density at radius 1 is 1.05 bits per heavy atom. The molecule has 3 rings (SSSR count). The summed E-state index contributed by atoms with van der Waals surface area (Å²) < 4.78 is 41.7. The molecule has 1 N–H and O–H groups in total. The van der Waals surface area contributed by atoms with Crippen LogP contribution >= 0.6 is 23.8 Å². The molecular weight excluding hydrogens is 309 g/mol. The number of hydrogen-bond donors (Lipinski definition) is 1. The first kappa shape index (κ1) is 13.2. The highest BCUT2D eigenvalue weighted by Gasteiger charge is 2.17. The van der Waals surface area contributed by atoms with Gasteiger partial charge in [-0.1, -0.05) is 11.6 Å². The summed E-state index contributed by atoms with van der Waals surface area (Å²) in [5, 5.41) is 0.420. The van der Waals surface area contributed by atoms with Crippen molar-refractivity contribution in [1.29, 1.82) is 0 Å². The molecule has 0 spiro atoms.